The third-order valence-electron chi connectivity index (χ3n) is 6.58. The standard InChI is InChI=1S/C31H33N3O6S3/c1-5-40-27-12-10-26(11-13-27)34(43(38,39)30-18-14-28(41-4)15-19-30)21-31(35)32-24-8-16-29(17-9-24)42(36,37)33-25-7-6-22(2)23(3)20-25/h6-20,33H,5,21H2,1-4H3,(H,32,35). The Morgan fingerprint density at radius 2 is 1.40 bits per heavy atom. The number of rotatable bonds is 12. The van der Waals surface area contributed by atoms with E-state index in [1.807, 2.05) is 33.1 Å². The predicted molar refractivity (Wildman–Crippen MR) is 172 cm³/mol. The van der Waals surface area contributed by atoms with Crippen molar-refractivity contribution in [2.45, 2.75) is 35.5 Å². The van der Waals surface area contributed by atoms with Crippen molar-refractivity contribution in [1.29, 1.82) is 0 Å². The smallest absolute Gasteiger partial charge is 0.264 e. The van der Waals surface area contributed by atoms with E-state index in [2.05, 4.69) is 10.0 Å². The second-order valence-corrected chi connectivity index (χ2v) is 14.0. The molecule has 0 aliphatic rings. The predicted octanol–water partition coefficient (Wildman–Crippen LogP) is 6.06. The largest absolute Gasteiger partial charge is 0.494 e. The Labute approximate surface area is 257 Å². The Hall–Kier alpha value is -4.00. The van der Waals surface area contributed by atoms with Crippen molar-refractivity contribution in [3.8, 4) is 5.75 Å². The highest BCUT2D eigenvalue weighted by Gasteiger charge is 2.27. The molecule has 0 aliphatic carbocycles. The van der Waals surface area contributed by atoms with E-state index in [-0.39, 0.29) is 15.5 Å². The topological polar surface area (TPSA) is 122 Å². The zero-order valence-corrected chi connectivity index (χ0v) is 26.6. The van der Waals surface area contributed by atoms with Crippen molar-refractivity contribution in [2.75, 3.05) is 33.8 Å². The number of hydrogen-bond donors (Lipinski definition) is 2. The molecule has 4 rings (SSSR count). The van der Waals surface area contributed by atoms with E-state index < -0.39 is 32.5 Å². The van der Waals surface area contributed by atoms with Crippen LogP contribution in [0.5, 0.6) is 5.75 Å². The van der Waals surface area contributed by atoms with E-state index in [4.69, 9.17) is 4.74 Å². The molecular weight excluding hydrogens is 607 g/mol. The van der Waals surface area contributed by atoms with Crippen molar-refractivity contribution in [3.63, 3.8) is 0 Å². The average molecular weight is 640 g/mol. The summed E-state index contributed by atoms with van der Waals surface area (Å²) in [6.45, 7) is 5.61. The van der Waals surface area contributed by atoms with E-state index >= 15 is 0 Å². The van der Waals surface area contributed by atoms with Gasteiger partial charge in [-0.25, -0.2) is 16.8 Å². The van der Waals surface area contributed by atoms with Gasteiger partial charge in [-0.1, -0.05) is 6.07 Å². The summed E-state index contributed by atoms with van der Waals surface area (Å²) in [6, 6.07) is 23.8. The molecule has 0 aromatic heterocycles. The summed E-state index contributed by atoms with van der Waals surface area (Å²) in [5.74, 6) is -0.0403. The zero-order chi connectivity index (χ0) is 31.2. The molecule has 9 nitrogen and oxygen atoms in total. The molecular formula is C31H33N3O6S3. The van der Waals surface area contributed by atoms with Gasteiger partial charge < -0.3 is 10.1 Å². The first-order valence-electron chi connectivity index (χ1n) is 13.3. The Kier molecular flexibility index (Phi) is 10.0. The highest BCUT2D eigenvalue weighted by Crippen LogP contribution is 2.28. The number of ether oxygens (including phenoxy) is 1. The van der Waals surface area contributed by atoms with Gasteiger partial charge in [0, 0.05) is 16.3 Å². The van der Waals surface area contributed by atoms with Crippen molar-refractivity contribution in [1.82, 2.24) is 0 Å². The van der Waals surface area contributed by atoms with Crippen LogP contribution in [-0.4, -0.2) is 42.2 Å². The quantitative estimate of drug-likeness (QED) is 0.181. The minimum atomic E-state index is -4.12. The number of thioether (sulfide) groups is 1. The maximum atomic E-state index is 13.7. The van der Waals surface area contributed by atoms with Crippen LogP contribution in [0.4, 0.5) is 17.1 Å². The number of amides is 1. The summed E-state index contributed by atoms with van der Waals surface area (Å²) in [5, 5.41) is 2.67. The number of aryl methyl sites for hydroxylation is 2. The summed E-state index contributed by atoms with van der Waals surface area (Å²) in [4.78, 5) is 14.1. The highest BCUT2D eigenvalue weighted by atomic mass is 32.2. The minimum Gasteiger partial charge on any atom is -0.494 e. The normalized spacial score (nSPS) is 11.5. The molecule has 0 heterocycles. The molecule has 0 aliphatic heterocycles. The van der Waals surface area contributed by atoms with Crippen molar-refractivity contribution in [2.24, 2.45) is 0 Å². The number of nitrogens with zero attached hydrogens (tertiary/aromatic N) is 1. The van der Waals surface area contributed by atoms with Crippen LogP contribution in [-0.2, 0) is 24.8 Å². The van der Waals surface area contributed by atoms with Crippen molar-refractivity contribution >= 4 is 54.8 Å². The lowest BCUT2D eigenvalue weighted by atomic mass is 10.1. The van der Waals surface area contributed by atoms with Gasteiger partial charge in [-0.15, -0.1) is 11.8 Å². The number of sulfonamides is 2. The third-order valence-corrected chi connectivity index (χ3v) is 10.5. The van der Waals surface area contributed by atoms with Gasteiger partial charge in [-0.2, -0.15) is 0 Å². The van der Waals surface area contributed by atoms with Crippen LogP contribution in [0, 0.1) is 13.8 Å². The first-order chi connectivity index (χ1) is 20.4. The van der Waals surface area contributed by atoms with Crippen molar-refractivity contribution < 1.29 is 26.4 Å². The number of hydrogen-bond acceptors (Lipinski definition) is 7. The average Bonchev–Trinajstić information content (AvgIpc) is 2.98. The maximum Gasteiger partial charge on any atom is 0.264 e. The molecule has 0 saturated heterocycles. The molecule has 0 atom stereocenters. The lowest BCUT2D eigenvalue weighted by Gasteiger charge is -2.24. The molecule has 0 radical (unpaired) electrons. The number of anilines is 3. The number of carbonyl (C=O) groups is 1. The van der Waals surface area contributed by atoms with Gasteiger partial charge in [0.25, 0.3) is 20.0 Å². The molecule has 0 bridgehead atoms. The van der Waals surface area contributed by atoms with Crippen LogP contribution >= 0.6 is 11.8 Å². The molecule has 2 N–H and O–H groups in total. The molecule has 12 heteroatoms. The Morgan fingerprint density at radius 1 is 0.791 bits per heavy atom. The van der Waals surface area contributed by atoms with Gasteiger partial charge in [0.2, 0.25) is 5.91 Å². The summed E-state index contributed by atoms with van der Waals surface area (Å²) in [6.07, 6.45) is 1.89. The highest BCUT2D eigenvalue weighted by molar-refractivity contribution is 7.98. The molecule has 0 spiro atoms. The summed E-state index contributed by atoms with van der Waals surface area (Å²) < 4.78 is 62.3. The van der Waals surface area contributed by atoms with Gasteiger partial charge in [0.1, 0.15) is 12.3 Å². The van der Waals surface area contributed by atoms with Gasteiger partial charge in [0.05, 0.1) is 22.1 Å². The van der Waals surface area contributed by atoms with Crippen LogP contribution in [0.1, 0.15) is 18.1 Å². The van der Waals surface area contributed by atoms with E-state index in [9.17, 15) is 21.6 Å². The fourth-order valence-electron chi connectivity index (χ4n) is 4.13. The summed E-state index contributed by atoms with van der Waals surface area (Å²) in [5.41, 5.74) is 3.04. The maximum absolute atomic E-state index is 13.7. The van der Waals surface area contributed by atoms with Crippen LogP contribution in [0.15, 0.2) is 106 Å². The minimum absolute atomic E-state index is 0.0102. The Balaban J connectivity index is 1.53. The van der Waals surface area contributed by atoms with Gasteiger partial charge in [-0.3, -0.25) is 13.8 Å². The third kappa shape index (κ3) is 7.89. The first-order valence-corrected chi connectivity index (χ1v) is 17.5. The van der Waals surface area contributed by atoms with Gasteiger partial charge in [0.15, 0.2) is 0 Å². The second kappa shape index (κ2) is 13.5. The van der Waals surface area contributed by atoms with E-state index in [0.29, 0.717) is 23.7 Å². The Bertz CT molecular complexity index is 1790. The van der Waals surface area contributed by atoms with E-state index in [1.54, 1.807) is 48.5 Å². The zero-order valence-electron chi connectivity index (χ0n) is 24.2. The summed E-state index contributed by atoms with van der Waals surface area (Å²) in [7, 11) is -7.99. The number of benzene rings is 4. The molecule has 1 amide bonds. The molecule has 0 fully saturated rings. The fourth-order valence-corrected chi connectivity index (χ4v) is 7.01. The van der Waals surface area contributed by atoms with Crippen LogP contribution in [0.3, 0.4) is 0 Å². The summed E-state index contributed by atoms with van der Waals surface area (Å²) >= 11 is 1.49. The van der Waals surface area contributed by atoms with Gasteiger partial charge >= 0.3 is 0 Å². The van der Waals surface area contributed by atoms with Crippen LogP contribution < -0.4 is 19.1 Å². The monoisotopic (exact) mass is 639 g/mol. The molecule has 0 unspecified atom stereocenters. The lowest BCUT2D eigenvalue weighted by molar-refractivity contribution is -0.114. The van der Waals surface area contributed by atoms with Crippen LogP contribution in [0.25, 0.3) is 0 Å². The van der Waals surface area contributed by atoms with Crippen molar-refractivity contribution in [3.05, 3.63) is 102 Å². The Morgan fingerprint density at radius 3 is 1.98 bits per heavy atom. The van der Waals surface area contributed by atoms with Gasteiger partial charge in [-0.05, 0) is 123 Å². The molecule has 0 saturated carbocycles. The van der Waals surface area contributed by atoms with E-state index in [0.717, 1.165) is 20.3 Å². The molecule has 4 aromatic rings. The SMILES string of the molecule is CCOc1ccc(N(CC(=O)Nc2ccc(S(=O)(=O)Nc3ccc(C)c(C)c3)cc2)S(=O)(=O)c2ccc(SC)cc2)cc1. The second-order valence-electron chi connectivity index (χ2n) is 9.59. The fraction of sp³-hybridized carbons (Fsp3) is 0.194. The van der Waals surface area contributed by atoms with E-state index in [1.165, 1.54) is 48.2 Å². The van der Waals surface area contributed by atoms with Crippen LogP contribution in [0.2, 0.25) is 0 Å². The number of nitrogens with one attached hydrogen (secondary N) is 2. The first kappa shape index (κ1) is 31.9. The lowest BCUT2D eigenvalue weighted by Crippen LogP contribution is -2.38. The molecule has 43 heavy (non-hydrogen) atoms. The number of carbonyl (C=O) groups excluding carboxylic acids is 1. The molecule has 226 valence electrons. The molecule has 4 aromatic carbocycles.